The van der Waals surface area contributed by atoms with Crippen LogP contribution >= 0.6 is 0 Å². The SMILES string of the molecule is O=[N+]([O-])c1cccc(-c2c3nc(c(-c4cccc([N+](=O)[O-])c4)c4ccc([nH]4)c4ccc([nH]4)c(-c4cccc([N+](=O)[O-])c4)c4ccc2[nH]4)C=C3)c1. The van der Waals surface area contributed by atoms with Crippen LogP contribution in [-0.2, 0) is 0 Å². The fraction of sp³-hybridized carbons (Fsp3) is 0. The zero-order valence-corrected chi connectivity index (χ0v) is 25.8. The van der Waals surface area contributed by atoms with Gasteiger partial charge in [0, 0.05) is 75.2 Å². The van der Waals surface area contributed by atoms with Crippen LogP contribution < -0.4 is 0 Å². The highest BCUT2D eigenvalue weighted by atomic mass is 16.6. The molecule has 8 bridgehead atoms. The van der Waals surface area contributed by atoms with Crippen molar-refractivity contribution in [2.24, 2.45) is 0 Å². The predicted octanol–water partition coefficient (Wildman–Crippen LogP) is 9.42. The summed E-state index contributed by atoms with van der Waals surface area (Å²) in [6.07, 6.45) is 3.61. The number of nitrogens with zero attached hydrogens (tertiary/aromatic N) is 4. The second kappa shape index (κ2) is 11.7. The Morgan fingerprint density at radius 1 is 0.420 bits per heavy atom. The molecule has 7 aromatic rings. The van der Waals surface area contributed by atoms with Gasteiger partial charge in [0.1, 0.15) is 0 Å². The highest BCUT2D eigenvalue weighted by Gasteiger charge is 2.19. The molecule has 3 N–H and O–H groups in total. The molecule has 0 fully saturated rings. The quantitative estimate of drug-likeness (QED) is 0.117. The molecular weight excluding hydrogens is 638 g/mol. The molecular formula is C37H23N7O6. The molecule has 1 aliphatic heterocycles. The van der Waals surface area contributed by atoms with Crippen molar-refractivity contribution in [2.75, 3.05) is 0 Å². The Kier molecular flexibility index (Phi) is 7.00. The first-order valence-corrected chi connectivity index (χ1v) is 15.3. The molecule has 13 heteroatoms. The van der Waals surface area contributed by atoms with Crippen molar-refractivity contribution in [3.63, 3.8) is 0 Å². The lowest BCUT2D eigenvalue weighted by Crippen LogP contribution is -1.91. The zero-order chi connectivity index (χ0) is 34.5. The minimum atomic E-state index is -0.464. The number of nitro benzene ring substituents is 3. The van der Waals surface area contributed by atoms with Gasteiger partial charge in [0.05, 0.1) is 37.2 Å². The van der Waals surface area contributed by atoms with Gasteiger partial charge in [-0.05, 0) is 65.2 Å². The smallest absolute Gasteiger partial charge is 0.270 e. The van der Waals surface area contributed by atoms with Crippen molar-refractivity contribution in [3.05, 3.63) is 151 Å². The third-order valence-electron chi connectivity index (χ3n) is 8.61. The number of nitrogens with one attached hydrogen (secondary N) is 3. The van der Waals surface area contributed by atoms with Gasteiger partial charge in [-0.1, -0.05) is 36.4 Å². The molecule has 0 unspecified atom stereocenters. The van der Waals surface area contributed by atoms with Crippen molar-refractivity contribution < 1.29 is 14.8 Å². The summed E-state index contributed by atoms with van der Waals surface area (Å²) in [6, 6.07) is 30.2. The molecule has 50 heavy (non-hydrogen) atoms. The molecule has 0 saturated carbocycles. The molecule has 13 nitrogen and oxygen atoms in total. The van der Waals surface area contributed by atoms with Crippen LogP contribution in [0.5, 0.6) is 0 Å². The van der Waals surface area contributed by atoms with Crippen molar-refractivity contribution in [2.45, 2.75) is 0 Å². The molecule has 4 aromatic heterocycles. The predicted molar refractivity (Wildman–Crippen MR) is 191 cm³/mol. The number of rotatable bonds is 6. The maximum Gasteiger partial charge on any atom is 0.270 e. The van der Waals surface area contributed by atoms with Crippen LogP contribution in [0.25, 0.3) is 78.6 Å². The van der Waals surface area contributed by atoms with Gasteiger partial charge in [0.15, 0.2) is 0 Å². The van der Waals surface area contributed by atoms with Crippen molar-refractivity contribution >= 4 is 62.3 Å². The van der Waals surface area contributed by atoms with Gasteiger partial charge in [-0.15, -0.1) is 0 Å². The third-order valence-corrected chi connectivity index (χ3v) is 8.61. The first-order valence-electron chi connectivity index (χ1n) is 15.3. The van der Waals surface area contributed by atoms with E-state index >= 15 is 0 Å². The maximum atomic E-state index is 11.8. The summed E-state index contributed by atoms with van der Waals surface area (Å²) in [7, 11) is 0. The number of benzene rings is 3. The van der Waals surface area contributed by atoms with E-state index < -0.39 is 14.8 Å². The van der Waals surface area contributed by atoms with Crippen LogP contribution in [0.3, 0.4) is 0 Å². The van der Waals surface area contributed by atoms with E-state index in [1.54, 1.807) is 42.5 Å². The average molecular weight is 662 g/mol. The van der Waals surface area contributed by atoms with Crippen LogP contribution in [0, 0.1) is 30.3 Å². The first kappa shape index (κ1) is 30.0. The minimum absolute atomic E-state index is 0.0694. The molecule has 1 aliphatic rings. The summed E-state index contributed by atoms with van der Waals surface area (Å²) in [6.45, 7) is 0. The van der Waals surface area contributed by atoms with E-state index in [0.29, 0.717) is 66.8 Å². The maximum absolute atomic E-state index is 11.8. The normalized spacial score (nSPS) is 11.6. The van der Waals surface area contributed by atoms with E-state index in [4.69, 9.17) is 4.98 Å². The number of non-ortho nitro benzene ring substituents is 3. The zero-order valence-electron chi connectivity index (χ0n) is 25.8. The molecule has 242 valence electrons. The summed E-state index contributed by atoms with van der Waals surface area (Å²) in [4.78, 5) is 49.4. The van der Waals surface area contributed by atoms with E-state index in [0.717, 1.165) is 11.0 Å². The Balaban J connectivity index is 1.54. The van der Waals surface area contributed by atoms with Crippen molar-refractivity contribution in [1.82, 2.24) is 19.9 Å². The van der Waals surface area contributed by atoms with Gasteiger partial charge < -0.3 is 15.0 Å². The van der Waals surface area contributed by atoms with Gasteiger partial charge in [-0.2, -0.15) is 0 Å². The van der Waals surface area contributed by atoms with Crippen LogP contribution in [0.2, 0.25) is 0 Å². The number of fused-ring (bicyclic) bond motifs is 9. The van der Waals surface area contributed by atoms with E-state index in [-0.39, 0.29) is 17.1 Å². The molecule has 0 aliphatic carbocycles. The van der Waals surface area contributed by atoms with Crippen molar-refractivity contribution in [1.29, 1.82) is 0 Å². The van der Waals surface area contributed by atoms with Crippen LogP contribution in [0.4, 0.5) is 17.1 Å². The van der Waals surface area contributed by atoms with Gasteiger partial charge in [0.25, 0.3) is 17.1 Å². The minimum Gasteiger partial charge on any atom is -0.354 e. The van der Waals surface area contributed by atoms with E-state index in [1.165, 1.54) is 36.4 Å². The molecule has 3 aromatic carbocycles. The van der Waals surface area contributed by atoms with E-state index in [1.807, 2.05) is 42.5 Å². The number of aromatic nitrogens is 4. The molecule has 0 atom stereocenters. The van der Waals surface area contributed by atoms with Gasteiger partial charge in [-0.3, -0.25) is 30.3 Å². The molecule has 0 radical (unpaired) electrons. The Hall–Kier alpha value is -7.41. The average Bonchev–Trinajstić information content (AvgIpc) is 3.95. The highest BCUT2D eigenvalue weighted by Crippen LogP contribution is 2.38. The second-order valence-corrected chi connectivity index (χ2v) is 11.6. The number of aromatic amines is 3. The monoisotopic (exact) mass is 661 g/mol. The van der Waals surface area contributed by atoms with Gasteiger partial charge in [0.2, 0.25) is 0 Å². The number of hydrogen-bond donors (Lipinski definition) is 3. The molecule has 0 amide bonds. The van der Waals surface area contributed by atoms with Crippen LogP contribution in [0.15, 0.2) is 109 Å². The summed E-state index contributed by atoms with van der Waals surface area (Å²) in [5.41, 5.74) is 8.29. The Bertz CT molecular complexity index is 2720. The Labute approximate surface area is 281 Å². The second-order valence-electron chi connectivity index (χ2n) is 11.6. The van der Waals surface area contributed by atoms with Crippen molar-refractivity contribution in [3.8, 4) is 33.4 Å². The largest absolute Gasteiger partial charge is 0.354 e. The van der Waals surface area contributed by atoms with Crippen LogP contribution in [0.1, 0.15) is 11.4 Å². The third kappa shape index (κ3) is 5.20. The lowest BCUT2D eigenvalue weighted by molar-refractivity contribution is -0.385. The molecule has 8 rings (SSSR count). The lowest BCUT2D eigenvalue weighted by Gasteiger charge is -2.06. The summed E-state index contributed by atoms with van der Waals surface area (Å²) >= 11 is 0. The Morgan fingerprint density at radius 3 is 1.12 bits per heavy atom. The number of hydrogen-bond acceptors (Lipinski definition) is 7. The van der Waals surface area contributed by atoms with E-state index in [9.17, 15) is 30.3 Å². The standard InChI is InChI=1S/C37H23N7O6/c45-42(46)24-7-1-4-21(18-24)35-29-12-10-27(38-29)28-11-13-30(39-28)36(22-5-2-8-25(19-22)43(47)48)32-15-17-34(41-32)37(33-16-14-31(35)40-33)23-6-3-9-26(20-23)44(49)50/h1-20,38-40H. The summed E-state index contributed by atoms with van der Waals surface area (Å²) in [5, 5.41) is 35.4. The Morgan fingerprint density at radius 2 is 0.740 bits per heavy atom. The molecule has 0 spiro atoms. The fourth-order valence-corrected chi connectivity index (χ4v) is 6.39. The lowest BCUT2D eigenvalue weighted by atomic mass is 10.0. The highest BCUT2D eigenvalue weighted by molar-refractivity contribution is 6.00. The number of nitro groups is 3. The van der Waals surface area contributed by atoms with E-state index in [2.05, 4.69) is 15.0 Å². The summed E-state index contributed by atoms with van der Waals surface area (Å²) < 4.78 is 0. The summed E-state index contributed by atoms with van der Waals surface area (Å²) in [5.74, 6) is 0. The molecule has 5 heterocycles. The topological polar surface area (TPSA) is 190 Å². The first-order chi connectivity index (χ1) is 24.2. The number of H-pyrrole nitrogens is 3. The molecule has 0 saturated heterocycles. The van der Waals surface area contributed by atoms with Gasteiger partial charge in [-0.25, -0.2) is 4.98 Å². The van der Waals surface area contributed by atoms with Gasteiger partial charge >= 0.3 is 0 Å². The van der Waals surface area contributed by atoms with Crippen LogP contribution in [-0.4, -0.2) is 34.7 Å². The fourth-order valence-electron chi connectivity index (χ4n) is 6.39.